The van der Waals surface area contributed by atoms with Crippen molar-refractivity contribution in [2.24, 2.45) is 0 Å². The van der Waals surface area contributed by atoms with E-state index in [-0.39, 0.29) is 0 Å². The third-order valence-electron chi connectivity index (χ3n) is 2.94. The summed E-state index contributed by atoms with van der Waals surface area (Å²) in [7, 11) is 1.55. The predicted octanol–water partition coefficient (Wildman–Crippen LogP) is 2.13. The van der Waals surface area contributed by atoms with Gasteiger partial charge in [-0.1, -0.05) is 6.07 Å². The summed E-state index contributed by atoms with van der Waals surface area (Å²) in [5.74, 6) is 0.776. The number of fused-ring (bicyclic) bond motifs is 1. The highest BCUT2D eigenvalue weighted by Gasteiger charge is 2.15. The van der Waals surface area contributed by atoms with E-state index in [4.69, 9.17) is 10.5 Å². The van der Waals surface area contributed by atoms with Crippen LogP contribution in [0.4, 0.5) is 5.95 Å². The lowest BCUT2D eigenvalue weighted by molar-refractivity contribution is 0.401. The van der Waals surface area contributed by atoms with Crippen molar-refractivity contribution in [3.8, 4) is 11.6 Å². The molecule has 0 spiro atoms. The van der Waals surface area contributed by atoms with Crippen molar-refractivity contribution in [3.05, 3.63) is 30.6 Å². The number of rotatable bonds is 3. The molecule has 0 fully saturated rings. The number of ether oxygens (including phenoxy) is 1. The van der Waals surface area contributed by atoms with E-state index in [1.807, 2.05) is 30.5 Å². The molecule has 20 heavy (non-hydrogen) atoms. The molecule has 0 unspecified atom stereocenters. The maximum Gasteiger partial charge on any atom is 0.245 e. The summed E-state index contributed by atoms with van der Waals surface area (Å²) < 4.78 is 6.98. The number of imidazole rings is 1. The van der Waals surface area contributed by atoms with Crippen molar-refractivity contribution in [3.63, 3.8) is 0 Å². The van der Waals surface area contributed by atoms with Gasteiger partial charge in [-0.25, -0.2) is 9.97 Å². The smallest absolute Gasteiger partial charge is 0.245 e. The van der Waals surface area contributed by atoms with E-state index in [1.165, 1.54) is 6.33 Å². The highest BCUT2D eigenvalue weighted by atomic mass is 32.2. The number of thioether (sulfide) groups is 1. The summed E-state index contributed by atoms with van der Waals surface area (Å²) in [4.78, 5) is 13.7. The van der Waals surface area contributed by atoms with E-state index < -0.39 is 0 Å². The van der Waals surface area contributed by atoms with Gasteiger partial charge in [0.25, 0.3) is 0 Å². The number of anilines is 1. The summed E-state index contributed by atoms with van der Waals surface area (Å²) in [6, 6.07) is 8.02. The molecular weight excluding hydrogens is 274 g/mol. The second-order valence-electron chi connectivity index (χ2n) is 4.06. The SMILES string of the molecule is COc1ncnc2c1nc(N)n2-c1cccc(SC)c1. The van der Waals surface area contributed by atoms with Crippen LogP contribution in [0, 0.1) is 0 Å². The average molecular weight is 287 g/mol. The molecule has 0 saturated carbocycles. The van der Waals surface area contributed by atoms with Crippen LogP contribution in [0.5, 0.6) is 5.88 Å². The Balaban J connectivity index is 2.28. The third kappa shape index (κ3) is 1.96. The predicted molar refractivity (Wildman–Crippen MR) is 79.4 cm³/mol. The molecule has 1 aromatic carbocycles. The lowest BCUT2D eigenvalue weighted by atomic mass is 10.3. The van der Waals surface area contributed by atoms with Gasteiger partial charge in [0.15, 0.2) is 11.2 Å². The van der Waals surface area contributed by atoms with E-state index in [9.17, 15) is 0 Å². The Bertz CT molecular complexity index is 771. The van der Waals surface area contributed by atoms with Gasteiger partial charge in [-0.3, -0.25) is 4.57 Å². The Kier molecular flexibility index (Phi) is 3.19. The zero-order valence-corrected chi connectivity index (χ0v) is 11.9. The van der Waals surface area contributed by atoms with Crippen LogP contribution < -0.4 is 10.5 Å². The fourth-order valence-corrected chi connectivity index (χ4v) is 2.50. The second-order valence-corrected chi connectivity index (χ2v) is 4.94. The first-order valence-electron chi connectivity index (χ1n) is 5.92. The molecule has 2 aromatic heterocycles. The molecule has 2 heterocycles. The summed E-state index contributed by atoms with van der Waals surface area (Å²) in [5.41, 5.74) is 8.13. The number of nitrogens with two attached hydrogens (primary N) is 1. The monoisotopic (exact) mass is 287 g/mol. The number of hydrogen-bond donors (Lipinski definition) is 1. The highest BCUT2D eigenvalue weighted by Crippen LogP contribution is 2.27. The van der Waals surface area contributed by atoms with Gasteiger partial charge in [0, 0.05) is 4.90 Å². The molecule has 0 aliphatic rings. The minimum atomic E-state index is 0.358. The van der Waals surface area contributed by atoms with Crippen LogP contribution in [-0.2, 0) is 0 Å². The normalized spacial score (nSPS) is 10.9. The maximum absolute atomic E-state index is 6.02. The number of methoxy groups -OCH3 is 1. The van der Waals surface area contributed by atoms with Crippen molar-refractivity contribution in [1.29, 1.82) is 0 Å². The van der Waals surface area contributed by atoms with Gasteiger partial charge in [-0.2, -0.15) is 4.98 Å². The van der Waals surface area contributed by atoms with Crippen molar-refractivity contribution in [1.82, 2.24) is 19.5 Å². The highest BCUT2D eigenvalue weighted by molar-refractivity contribution is 7.98. The van der Waals surface area contributed by atoms with Crippen molar-refractivity contribution in [2.75, 3.05) is 19.1 Å². The van der Waals surface area contributed by atoms with Crippen LogP contribution in [0.2, 0.25) is 0 Å². The van der Waals surface area contributed by atoms with Crippen LogP contribution in [0.1, 0.15) is 0 Å². The lowest BCUT2D eigenvalue weighted by Gasteiger charge is -2.07. The van der Waals surface area contributed by atoms with Crippen molar-refractivity contribution in [2.45, 2.75) is 4.90 Å². The van der Waals surface area contributed by atoms with Crippen LogP contribution in [-0.4, -0.2) is 32.9 Å². The number of benzene rings is 1. The molecule has 0 bridgehead atoms. The minimum absolute atomic E-state index is 0.358. The first kappa shape index (κ1) is 12.7. The van der Waals surface area contributed by atoms with Crippen LogP contribution >= 0.6 is 11.8 Å². The fourth-order valence-electron chi connectivity index (χ4n) is 2.04. The number of hydrogen-bond acceptors (Lipinski definition) is 6. The second kappa shape index (κ2) is 5.01. The molecule has 3 rings (SSSR count). The summed E-state index contributed by atoms with van der Waals surface area (Å²) >= 11 is 1.67. The molecule has 3 aromatic rings. The summed E-state index contributed by atoms with van der Waals surface area (Å²) in [6.45, 7) is 0. The van der Waals surface area contributed by atoms with E-state index in [1.54, 1.807) is 23.4 Å². The van der Waals surface area contributed by atoms with Gasteiger partial charge in [0.05, 0.1) is 12.8 Å². The summed E-state index contributed by atoms with van der Waals surface area (Å²) in [5, 5.41) is 0. The van der Waals surface area contributed by atoms with Crippen LogP contribution in [0.3, 0.4) is 0 Å². The van der Waals surface area contributed by atoms with E-state index in [2.05, 4.69) is 15.0 Å². The molecule has 7 heteroatoms. The van der Waals surface area contributed by atoms with Gasteiger partial charge in [-0.05, 0) is 24.5 Å². The molecule has 0 aliphatic heterocycles. The van der Waals surface area contributed by atoms with E-state index in [0.29, 0.717) is 23.0 Å². The van der Waals surface area contributed by atoms with Gasteiger partial charge in [0.2, 0.25) is 11.8 Å². The maximum atomic E-state index is 6.02. The Labute approximate surface area is 120 Å². The van der Waals surface area contributed by atoms with Gasteiger partial charge in [0.1, 0.15) is 6.33 Å². The molecule has 6 nitrogen and oxygen atoms in total. The van der Waals surface area contributed by atoms with Crippen molar-refractivity contribution >= 4 is 28.9 Å². The van der Waals surface area contributed by atoms with Crippen LogP contribution in [0.15, 0.2) is 35.5 Å². The fraction of sp³-hybridized carbons (Fsp3) is 0.154. The molecule has 0 saturated heterocycles. The number of nitrogens with zero attached hydrogens (tertiary/aromatic N) is 4. The first-order chi connectivity index (χ1) is 9.74. The average Bonchev–Trinajstić information content (AvgIpc) is 2.83. The quantitative estimate of drug-likeness (QED) is 0.743. The molecule has 0 radical (unpaired) electrons. The van der Waals surface area contributed by atoms with Crippen LogP contribution in [0.25, 0.3) is 16.9 Å². The standard InChI is InChI=1S/C13H13N5OS/c1-19-12-10-11(15-7-16-12)18(13(14)17-10)8-4-3-5-9(6-8)20-2/h3-7H,1-2H3,(H2,14,17). The number of nitrogen functional groups attached to an aromatic ring is 1. The number of aromatic nitrogens is 4. The Morgan fingerprint density at radius 3 is 2.90 bits per heavy atom. The Morgan fingerprint density at radius 1 is 1.30 bits per heavy atom. The summed E-state index contributed by atoms with van der Waals surface area (Å²) in [6.07, 6.45) is 3.47. The zero-order chi connectivity index (χ0) is 14.1. The van der Waals surface area contributed by atoms with E-state index >= 15 is 0 Å². The van der Waals surface area contributed by atoms with Gasteiger partial charge < -0.3 is 10.5 Å². The Hall–Kier alpha value is -2.28. The third-order valence-corrected chi connectivity index (χ3v) is 3.67. The zero-order valence-electron chi connectivity index (χ0n) is 11.1. The van der Waals surface area contributed by atoms with Gasteiger partial charge >= 0.3 is 0 Å². The molecular formula is C13H13N5OS. The minimum Gasteiger partial charge on any atom is -0.479 e. The largest absolute Gasteiger partial charge is 0.479 e. The van der Waals surface area contributed by atoms with E-state index in [0.717, 1.165) is 10.6 Å². The Morgan fingerprint density at radius 2 is 2.15 bits per heavy atom. The molecule has 2 N–H and O–H groups in total. The van der Waals surface area contributed by atoms with Gasteiger partial charge in [-0.15, -0.1) is 11.8 Å². The molecule has 102 valence electrons. The molecule has 0 atom stereocenters. The molecule has 0 amide bonds. The van der Waals surface area contributed by atoms with Crippen molar-refractivity contribution < 1.29 is 4.74 Å². The first-order valence-corrected chi connectivity index (χ1v) is 7.14. The topological polar surface area (TPSA) is 78.8 Å². The molecule has 0 aliphatic carbocycles. The lowest BCUT2D eigenvalue weighted by Crippen LogP contribution is -2.01.